The minimum atomic E-state index is -0.430. The van der Waals surface area contributed by atoms with E-state index in [1.807, 2.05) is 103 Å². The van der Waals surface area contributed by atoms with Gasteiger partial charge in [0, 0.05) is 16.2 Å². The van der Waals surface area contributed by atoms with E-state index in [1.165, 1.54) is 0 Å². The molecule has 0 spiro atoms. The summed E-state index contributed by atoms with van der Waals surface area (Å²) >= 11 is 0. The minimum absolute atomic E-state index is 0.180. The van der Waals surface area contributed by atoms with E-state index in [1.54, 1.807) is 6.07 Å². The molecule has 0 aliphatic rings. The molecule has 0 bridgehead atoms. The van der Waals surface area contributed by atoms with Gasteiger partial charge >= 0.3 is 0 Å². The molecule has 0 amide bonds. The number of rotatable bonds is 2. The maximum absolute atomic E-state index is 9.36. The van der Waals surface area contributed by atoms with Crippen molar-refractivity contribution in [3.63, 3.8) is 0 Å². The van der Waals surface area contributed by atoms with Crippen LogP contribution in [-0.2, 0) is 0 Å². The van der Waals surface area contributed by atoms with Gasteiger partial charge in [0.2, 0.25) is 0 Å². The fourth-order valence-electron chi connectivity index (χ4n) is 7.02. The number of furan rings is 1. The van der Waals surface area contributed by atoms with Gasteiger partial charge in [0.25, 0.3) is 0 Å². The van der Waals surface area contributed by atoms with Crippen molar-refractivity contribution in [3.8, 4) is 22.3 Å². The van der Waals surface area contributed by atoms with Crippen molar-refractivity contribution in [2.24, 2.45) is 0 Å². The van der Waals surface area contributed by atoms with E-state index >= 15 is 0 Å². The molecule has 45 heavy (non-hydrogen) atoms. The summed E-state index contributed by atoms with van der Waals surface area (Å²) in [5.74, 6) is 0. The van der Waals surface area contributed by atoms with Gasteiger partial charge in [0.15, 0.2) is 0 Å². The predicted octanol–water partition coefficient (Wildman–Crippen LogP) is 12.7. The van der Waals surface area contributed by atoms with Gasteiger partial charge in [0.1, 0.15) is 11.2 Å². The highest BCUT2D eigenvalue weighted by molar-refractivity contribution is 6.23. The molecule has 0 radical (unpaired) electrons. The summed E-state index contributed by atoms with van der Waals surface area (Å²) in [6, 6.07) is 32.4. The lowest BCUT2D eigenvalue weighted by Crippen LogP contribution is -1.91. The van der Waals surface area contributed by atoms with Gasteiger partial charge in [-0.05, 0) is 95.0 Å². The molecule has 10 rings (SSSR count). The van der Waals surface area contributed by atoms with Crippen LogP contribution in [0.3, 0.4) is 0 Å². The van der Waals surface area contributed by atoms with Crippen LogP contribution in [0.4, 0.5) is 0 Å². The van der Waals surface area contributed by atoms with Crippen LogP contribution in [0.1, 0.15) is 11.0 Å². The van der Waals surface area contributed by atoms with Crippen LogP contribution in [0.2, 0.25) is 0 Å². The van der Waals surface area contributed by atoms with E-state index in [4.69, 9.17) is 9.90 Å². The van der Waals surface area contributed by atoms with Crippen molar-refractivity contribution in [2.75, 3.05) is 0 Å². The van der Waals surface area contributed by atoms with Gasteiger partial charge < -0.3 is 4.42 Å². The van der Waals surface area contributed by atoms with E-state index in [0.717, 1.165) is 43.1 Å². The Morgan fingerprint density at radius 2 is 0.867 bits per heavy atom. The van der Waals surface area contributed by atoms with Gasteiger partial charge in [-0.3, -0.25) is 0 Å². The van der Waals surface area contributed by atoms with Crippen LogP contribution in [0.5, 0.6) is 0 Å². The second kappa shape index (κ2) is 9.29. The monoisotopic (exact) mass is 578 g/mol. The van der Waals surface area contributed by atoms with Crippen LogP contribution < -0.4 is 0 Å². The molecule has 0 saturated heterocycles. The van der Waals surface area contributed by atoms with Crippen molar-refractivity contribution in [1.29, 1.82) is 0 Å². The Hall–Kier alpha value is -5.92. The first-order valence-corrected chi connectivity index (χ1v) is 14.9. The average molecular weight is 579 g/mol. The second-order valence-corrected chi connectivity index (χ2v) is 11.4. The predicted molar refractivity (Wildman–Crippen MR) is 192 cm³/mol. The van der Waals surface area contributed by atoms with E-state index in [-0.39, 0.29) is 45.7 Å². The maximum Gasteiger partial charge on any atom is 0.143 e. The summed E-state index contributed by atoms with van der Waals surface area (Å²) in [4.78, 5) is 0. The molecular weight excluding hydrogens is 544 g/mol. The molecule has 0 aliphatic heterocycles. The van der Waals surface area contributed by atoms with Crippen LogP contribution >= 0.6 is 0 Å². The summed E-state index contributed by atoms with van der Waals surface area (Å²) < 4.78 is 79.1. The third kappa shape index (κ3) is 3.56. The molecule has 10 aromatic rings. The third-order valence-electron chi connectivity index (χ3n) is 9.06. The molecule has 208 valence electrons. The Morgan fingerprint density at radius 1 is 0.378 bits per heavy atom. The van der Waals surface area contributed by atoms with Crippen LogP contribution in [0.15, 0.2) is 162 Å². The third-order valence-corrected chi connectivity index (χ3v) is 9.06. The number of hydrogen-bond acceptors (Lipinski definition) is 1. The highest BCUT2D eigenvalue weighted by Gasteiger charge is 2.18. The molecule has 1 heterocycles. The highest BCUT2D eigenvalue weighted by Crippen LogP contribution is 2.45. The SMILES string of the molecule is [2H]c1c([2H])c([2H])c2c(-c3ccc4oc5c6ccccc6ccc5c4c3)c3c([2H])c([2H])c([2H])c([2H])c3c(-c3ccc4ccc5ccccc5c4c3)c2c1[2H]. The topological polar surface area (TPSA) is 13.1 Å². The van der Waals surface area contributed by atoms with Gasteiger partial charge in [-0.1, -0.05) is 133 Å². The molecule has 1 nitrogen and oxygen atoms in total. The normalized spacial score (nSPS) is 14.5. The number of hydrogen-bond donors (Lipinski definition) is 0. The van der Waals surface area contributed by atoms with Crippen molar-refractivity contribution in [3.05, 3.63) is 158 Å². The Balaban J connectivity index is 1.42. The zero-order valence-corrected chi connectivity index (χ0v) is 23.8. The molecule has 1 aromatic heterocycles. The molecule has 1 heteroatoms. The van der Waals surface area contributed by atoms with E-state index in [2.05, 4.69) is 0 Å². The zero-order valence-electron chi connectivity index (χ0n) is 31.8. The van der Waals surface area contributed by atoms with E-state index in [9.17, 15) is 5.48 Å². The lowest BCUT2D eigenvalue weighted by Gasteiger charge is -2.18. The largest absolute Gasteiger partial charge is 0.455 e. The highest BCUT2D eigenvalue weighted by atomic mass is 16.3. The molecule has 0 N–H and O–H groups in total. The summed E-state index contributed by atoms with van der Waals surface area (Å²) in [5, 5.41) is 8.25. The summed E-state index contributed by atoms with van der Waals surface area (Å²) in [7, 11) is 0. The molecule has 0 atom stereocenters. The van der Waals surface area contributed by atoms with Crippen LogP contribution in [0, 0.1) is 0 Å². The summed E-state index contributed by atoms with van der Waals surface area (Å²) in [5.41, 5.74) is 3.09. The van der Waals surface area contributed by atoms with Crippen LogP contribution in [-0.4, -0.2) is 0 Å². The van der Waals surface area contributed by atoms with Gasteiger partial charge in [-0.25, -0.2) is 0 Å². The fourth-order valence-corrected chi connectivity index (χ4v) is 7.02. The van der Waals surface area contributed by atoms with E-state index in [0.29, 0.717) is 33.4 Å². The van der Waals surface area contributed by atoms with Gasteiger partial charge in [-0.2, -0.15) is 0 Å². The standard InChI is InChI=1S/C44H26O/c1-3-11-32-27(9-1)17-18-29-19-20-30(25-39(29)32)42-34-13-5-7-15-36(34)43(37-16-8-6-14-35(37)42)31-22-24-41-40(26-31)38-23-21-28-10-2-4-12-33(28)44(38)45-41/h1-26H/i5D,6D,7D,8D,13D,14D,15D,16D. The smallest absolute Gasteiger partial charge is 0.143 e. The van der Waals surface area contributed by atoms with Crippen LogP contribution in [0.25, 0.3) is 98.1 Å². The van der Waals surface area contributed by atoms with Crippen molar-refractivity contribution in [1.82, 2.24) is 0 Å². The van der Waals surface area contributed by atoms with Crippen molar-refractivity contribution >= 4 is 75.8 Å². The molecule has 9 aromatic carbocycles. The molecular formula is C44H26O. The van der Waals surface area contributed by atoms with E-state index < -0.39 is 24.2 Å². The summed E-state index contributed by atoms with van der Waals surface area (Å²) in [6.45, 7) is 0. The fraction of sp³-hybridized carbons (Fsp3) is 0. The first-order chi connectivity index (χ1) is 25.6. The molecule has 0 fully saturated rings. The Kier molecular flexibility index (Phi) is 3.72. The first-order valence-electron chi connectivity index (χ1n) is 18.9. The maximum atomic E-state index is 9.36. The lowest BCUT2D eigenvalue weighted by molar-refractivity contribution is 0.672. The Bertz CT molecular complexity index is 3190. The number of fused-ring (bicyclic) bond motifs is 10. The average Bonchev–Trinajstić information content (AvgIpc) is 3.57. The molecule has 0 unspecified atom stereocenters. The minimum Gasteiger partial charge on any atom is -0.455 e. The van der Waals surface area contributed by atoms with Crippen molar-refractivity contribution in [2.45, 2.75) is 0 Å². The van der Waals surface area contributed by atoms with Gasteiger partial charge in [-0.15, -0.1) is 0 Å². The summed E-state index contributed by atoms with van der Waals surface area (Å²) in [6.07, 6.45) is 0. The zero-order chi connectivity index (χ0) is 36.4. The Morgan fingerprint density at radius 3 is 1.53 bits per heavy atom. The van der Waals surface area contributed by atoms with Gasteiger partial charge in [0.05, 0.1) is 11.0 Å². The number of benzene rings is 9. The lowest BCUT2D eigenvalue weighted by atomic mass is 9.85. The molecule has 0 aliphatic carbocycles. The Labute approximate surface area is 270 Å². The second-order valence-electron chi connectivity index (χ2n) is 11.4. The molecule has 0 saturated carbocycles. The van der Waals surface area contributed by atoms with Crippen molar-refractivity contribution < 1.29 is 15.4 Å². The quantitative estimate of drug-likeness (QED) is 0.147. The first kappa shape index (κ1) is 18.0.